The number of nitrogens with zero attached hydrogens (tertiary/aromatic N) is 3. The summed E-state index contributed by atoms with van der Waals surface area (Å²) in [6, 6.07) is 0. The van der Waals surface area contributed by atoms with Gasteiger partial charge in [-0.05, 0) is 50.4 Å². The summed E-state index contributed by atoms with van der Waals surface area (Å²) in [5.41, 5.74) is 1.00. The third-order valence-corrected chi connectivity index (χ3v) is 6.90. The minimum absolute atomic E-state index is 0.107. The number of rotatable bonds is 3. The highest BCUT2D eigenvalue weighted by atomic mass is 79.9. The van der Waals surface area contributed by atoms with Gasteiger partial charge < -0.3 is 4.90 Å². The minimum Gasteiger partial charge on any atom is -0.341 e. The van der Waals surface area contributed by atoms with Gasteiger partial charge in [0.25, 0.3) is 0 Å². The number of carbonyl (C=O) groups excluding carboxylic acids is 1. The van der Waals surface area contributed by atoms with E-state index >= 15 is 0 Å². The molecular formula is C17H24BrN3O. The van der Waals surface area contributed by atoms with E-state index in [-0.39, 0.29) is 9.74 Å². The summed E-state index contributed by atoms with van der Waals surface area (Å²) in [7, 11) is 3.87. The molecule has 4 fully saturated rings. The maximum Gasteiger partial charge on any atom is 0.228 e. The van der Waals surface area contributed by atoms with Crippen LogP contribution in [-0.4, -0.2) is 32.0 Å². The summed E-state index contributed by atoms with van der Waals surface area (Å²) < 4.78 is 2.04. The van der Waals surface area contributed by atoms with E-state index in [0.717, 1.165) is 36.7 Å². The molecule has 2 atom stereocenters. The van der Waals surface area contributed by atoms with Crippen molar-refractivity contribution in [3.05, 3.63) is 18.0 Å². The Hall–Kier alpha value is -0.840. The van der Waals surface area contributed by atoms with E-state index in [1.54, 1.807) is 4.68 Å². The third kappa shape index (κ3) is 2.32. The Morgan fingerprint density at radius 3 is 2.64 bits per heavy atom. The van der Waals surface area contributed by atoms with Gasteiger partial charge in [-0.1, -0.05) is 15.9 Å². The van der Waals surface area contributed by atoms with Gasteiger partial charge in [0.2, 0.25) is 5.91 Å². The molecule has 5 rings (SSSR count). The van der Waals surface area contributed by atoms with Gasteiger partial charge in [-0.2, -0.15) is 5.10 Å². The van der Waals surface area contributed by atoms with Crippen molar-refractivity contribution in [1.82, 2.24) is 14.7 Å². The molecule has 4 aliphatic rings. The molecule has 1 heterocycles. The van der Waals surface area contributed by atoms with Gasteiger partial charge in [0, 0.05) is 36.7 Å². The Labute approximate surface area is 140 Å². The second-order valence-corrected chi connectivity index (χ2v) is 9.76. The number of hydrogen-bond donors (Lipinski definition) is 0. The first-order chi connectivity index (χ1) is 10.4. The van der Waals surface area contributed by atoms with Crippen LogP contribution in [0.3, 0.4) is 0 Å². The van der Waals surface area contributed by atoms with Crippen LogP contribution in [0.2, 0.25) is 0 Å². The molecule has 2 unspecified atom stereocenters. The van der Waals surface area contributed by atoms with Crippen molar-refractivity contribution in [3.63, 3.8) is 0 Å². The Balaban J connectivity index is 1.54. The predicted octanol–water partition coefficient (Wildman–Crippen LogP) is 3.11. The zero-order valence-electron chi connectivity index (χ0n) is 13.4. The lowest BCUT2D eigenvalue weighted by atomic mass is 9.49. The normalized spacial score (nSPS) is 39.2. The summed E-state index contributed by atoms with van der Waals surface area (Å²) in [4.78, 5) is 15.2. The van der Waals surface area contributed by atoms with E-state index in [9.17, 15) is 4.79 Å². The number of alkyl halides is 1. The van der Waals surface area contributed by atoms with Crippen molar-refractivity contribution < 1.29 is 4.79 Å². The van der Waals surface area contributed by atoms with E-state index in [4.69, 9.17) is 0 Å². The van der Waals surface area contributed by atoms with Crippen molar-refractivity contribution in [2.24, 2.45) is 24.3 Å². The van der Waals surface area contributed by atoms with Crippen LogP contribution in [-0.2, 0) is 18.4 Å². The smallest absolute Gasteiger partial charge is 0.228 e. The third-order valence-electron chi connectivity index (χ3n) is 5.97. The molecule has 0 spiro atoms. The van der Waals surface area contributed by atoms with E-state index in [2.05, 4.69) is 21.0 Å². The van der Waals surface area contributed by atoms with E-state index in [1.165, 1.54) is 19.3 Å². The molecule has 0 saturated heterocycles. The molecular weight excluding hydrogens is 342 g/mol. The summed E-state index contributed by atoms with van der Waals surface area (Å²) in [6.45, 7) is 0.666. The molecule has 4 bridgehead atoms. The first-order valence-electron chi connectivity index (χ1n) is 8.30. The molecule has 0 aliphatic heterocycles. The molecule has 4 aliphatic carbocycles. The van der Waals surface area contributed by atoms with Gasteiger partial charge >= 0.3 is 0 Å². The van der Waals surface area contributed by atoms with Crippen molar-refractivity contribution in [1.29, 1.82) is 0 Å². The van der Waals surface area contributed by atoms with Gasteiger partial charge in [-0.25, -0.2) is 0 Å². The first-order valence-corrected chi connectivity index (χ1v) is 9.09. The molecule has 4 nitrogen and oxygen atoms in total. The number of carbonyl (C=O) groups is 1. The topological polar surface area (TPSA) is 38.1 Å². The molecule has 1 aromatic rings. The average molecular weight is 366 g/mol. The van der Waals surface area contributed by atoms with E-state index in [0.29, 0.717) is 12.5 Å². The lowest BCUT2D eigenvalue weighted by molar-refractivity contribution is -0.154. The van der Waals surface area contributed by atoms with Crippen molar-refractivity contribution in [2.45, 2.75) is 49.4 Å². The minimum atomic E-state index is -0.107. The number of halogens is 1. The van der Waals surface area contributed by atoms with Crippen LogP contribution in [0.1, 0.15) is 44.1 Å². The maximum atomic E-state index is 13.2. The van der Waals surface area contributed by atoms with Crippen molar-refractivity contribution in [2.75, 3.05) is 7.05 Å². The van der Waals surface area contributed by atoms with Crippen LogP contribution in [0, 0.1) is 17.3 Å². The van der Waals surface area contributed by atoms with Crippen LogP contribution in [0.4, 0.5) is 0 Å². The summed E-state index contributed by atoms with van der Waals surface area (Å²) >= 11 is 4.00. The Kier molecular flexibility index (Phi) is 3.23. The lowest BCUT2D eigenvalue weighted by Gasteiger charge is -2.60. The van der Waals surface area contributed by atoms with Gasteiger partial charge in [0.1, 0.15) is 0 Å². The number of aromatic nitrogens is 2. The monoisotopic (exact) mass is 365 g/mol. The fourth-order valence-corrected chi connectivity index (χ4v) is 7.16. The standard InChI is InChI=1S/C17H24BrN3O/c1-20(9-14-8-19-21(2)10-14)15(22)16-4-12-3-13(5-16)7-17(18,6-12)11-16/h8,10,12-13H,3-7,9,11H2,1-2H3. The average Bonchev–Trinajstić information content (AvgIpc) is 2.80. The van der Waals surface area contributed by atoms with Crippen molar-refractivity contribution >= 4 is 21.8 Å². The zero-order chi connectivity index (χ0) is 15.5. The van der Waals surface area contributed by atoms with Crippen LogP contribution < -0.4 is 0 Å². The van der Waals surface area contributed by atoms with Gasteiger partial charge in [-0.15, -0.1) is 0 Å². The zero-order valence-corrected chi connectivity index (χ0v) is 15.0. The lowest BCUT2D eigenvalue weighted by Crippen LogP contribution is -2.58. The molecule has 0 radical (unpaired) electrons. The van der Waals surface area contributed by atoms with Gasteiger partial charge in [-0.3, -0.25) is 9.48 Å². The van der Waals surface area contributed by atoms with Crippen LogP contribution in [0.25, 0.3) is 0 Å². The Bertz CT molecular complexity index is 597. The second kappa shape index (κ2) is 4.83. The highest BCUT2D eigenvalue weighted by molar-refractivity contribution is 9.10. The second-order valence-electron chi connectivity index (χ2n) is 8.08. The quantitative estimate of drug-likeness (QED) is 0.771. The van der Waals surface area contributed by atoms with Gasteiger partial charge in [0.15, 0.2) is 0 Å². The van der Waals surface area contributed by atoms with E-state index < -0.39 is 0 Å². The molecule has 1 amide bonds. The fraction of sp³-hybridized carbons (Fsp3) is 0.765. The SMILES string of the molecule is CN(Cc1cnn(C)c1)C(=O)C12CC3CC(CC(Br)(C3)C1)C2. The van der Waals surface area contributed by atoms with Crippen LogP contribution in [0.15, 0.2) is 12.4 Å². The Morgan fingerprint density at radius 2 is 2.09 bits per heavy atom. The largest absolute Gasteiger partial charge is 0.341 e. The molecule has 5 heteroatoms. The summed E-state index contributed by atoms with van der Waals surface area (Å²) in [5, 5.41) is 4.20. The fourth-order valence-electron chi connectivity index (χ4n) is 5.71. The van der Waals surface area contributed by atoms with Crippen LogP contribution >= 0.6 is 15.9 Å². The number of amides is 1. The highest BCUT2D eigenvalue weighted by Gasteiger charge is 2.60. The highest BCUT2D eigenvalue weighted by Crippen LogP contribution is 2.64. The predicted molar refractivity (Wildman–Crippen MR) is 88.5 cm³/mol. The van der Waals surface area contributed by atoms with E-state index in [1.807, 2.05) is 31.4 Å². The first kappa shape index (κ1) is 14.7. The molecule has 0 N–H and O–H groups in total. The van der Waals surface area contributed by atoms with Crippen molar-refractivity contribution in [3.8, 4) is 0 Å². The molecule has 4 saturated carbocycles. The summed E-state index contributed by atoms with van der Waals surface area (Å²) in [5.74, 6) is 1.85. The molecule has 22 heavy (non-hydrogen) atoms. The number of hydrogen-bond acceptors (Lipinski definition) is 2. The summed E-state index contributed by atoms with van der Waals surface area (Å²) in [6.07, 6.45) is 11.0. The maximum absolute atomic E-state index is 13.2. The molecule has 120 valence electrons. The molecule has 0 aromatic carbocycles. The van der Waals surface area contributed by atoms with Crippen LogP contribution in [0.5, 0.6) is 0 Å². The number of aryl methyl sites for hydroxylation is 1. The Morgan fingerprint density at radius 1 is 1.41 bits per heavy atom. The van der Waals surface area contributed by atoms with Gasteiger partial charge in [0.05, 0.1) is 11.6 Å². The molecule has 1 aromatic heterocycles.